The first-order valence-corrected chi connectivity index (χ1v) is 23.7. The summed E-state index contributed by atoms with van der Waals surface area (Å²) < 4.78 is 9.87. The molecule has 0 saturated heterocycles. The van der Waals surface area contributed by atoms with E-state index in [1.165, 1.54) is 92.4 Å². The molecule has 2 aliphatic carbocycles. The average molecular weight is 860 g/mol. The van der Waals surface area contributed by atoms with E-state index in [9.17, 15) is 0 Å². The molecule has 310 valence electrons. The second-order valence-corrected chi connectivity index (χ2v) is 19.0. The molecule has 0 fully saturated rings. The molecule has 0 amide bonds. The van der Waals surface area contributed by atoms with Gasteiger partial charge in [0.25, 0.3) is 0 Å². The van der Waals surface area contributed by atoms with Gasteiger partial charge in [-0.25, -0.2) is 0 Å². The molecule has 1 aliphatic heterocycles. The smallest absolute Gasteiger partial charge is 0.132 e. The highest BCUT2D eigenvalue weighted by molar-refractivity contribution is 7.26. The molecule has 1 spiro atoms. The van der Waals surface area contributed by atoms with E-state index in [0.29, 0.717) is 0 Å². The largest absolute Gasteiger partial charge is 0.484 e. The zero-order chi connectivity index (χ0) is 43.3. The van der Waals surface area contributed by atoms with Crippen molar-refractivity contribution in [2.45, 2.75) is 11.5 Å². The van der Waals surface area contributed by atoms with Gasteiger partial charge in [-0.05, 0) is 104 Å². The summed E-state index contributed by atoms with van der Waals surface area (Å²) in [7, 11) is 0. The molecule has 10 aromatic carbocycles. The molecule has 3 atom stereocenters. The number of ether oxygens (including phenoxy) is 1. The summed E-state index contributed by atoms with van der Waals surface area (Å²) in [5.74, 6) is 1.04. The van der Waals surface area contributed by atoms with E-state index in [0.717, 1.165) is 22.5 Å². The number of thiophene rings is 1. The highest BCUT2D eigenvalue weighted by atomic mass is 32.1. The van der Waals surface area contributed by atoms with Crippen molar-refractivity contribution in [2.24, 2.45) is 5.92 Å². The Labute approximate surface area is 388 Å². The Hall–Kier alpha value is -7.98. The summed E-state index contributed by atoms with van der Waals surface area (Å²) in [6.07, 6.45) is 4.61. The van der Waals surface area contributed by atoms with Gasteiger partial charge < -0.3 is 9.64 Å². The number of rotatable bonds is 5. The molecule has 0 N–H and O–H groups in total. The van der Waals surface area contributed by atoms with Crippen molar-refractivity contribution < 1.29 is 4.74 Å². The summed E-state index contributed by atoms with van der Waals surface area (Å²) in [6, 6.07) is 82.8. The van der Waals surface area contributed by atoms with Crippen LogP contribution in [0.2, 0.25) is 0 Å². The lowest BCUT2D eigenvalue weighted by atomic mass is 9.58. The molecule has 66 heavy (non-hydrogen) atoms. The average Bonchev–Trinajstić information content (AvgIpc) is 3.91. The van der Waals surface area contributed by atoms with Crippen molar-refractivity contribution in [3.05, 3.63) is 258 Å². The predicted octanol–water partition coefficient (Wildman–Crippen LogP) is 17.1. The first-order chi connectivity index (χ1) is 32.7. The van der Waals surface area contributed by atoms with Crippen LogP contribution >= 0.6 is 11.3 Å². The van der Waals surface area contributed by atoms with Gasteiger partial charge in [-0.2, -0.15) is 0 Å². The fourth-order valence-electron chi connectivity index (χ4n) is 11.7. The normalized spacial score (nSPS) is 17.5. The molecule has 2 heterocycles. The maximum absolute atomic E-state index is 7.29. The maximum atomic E-state index is 7.29. The van der Waals surface area contributed by atoms with E-state index in [1.54, 1.807) is 0 Å². The first kappa shape index (κ1) is 37.4. The van der Waals surface area contributed by atoms with E-state index in [2.05, 4.69) is 242 Å². The molecule has 14 rings (SSSR count). The molecule has 11 aromatic rings. The molecule has 1 aromatic heterocycles. The lowest BCUT2D eigenvalue weighted by molar-refractivity contribution is 0.105. The molecule has 0 radical (unpaired) electrons. The predicted molar refractivity (Wildman–Crippen MR) is 276 cm³/mol. The van der Waals surface area contributed by atoms with Gasteiger partial charge in [0.05, 0.1) is 11.1 Å². The van der Waals surface area contributed by atoms with Gasteiger partial charge in [0.1, 0.15) is 11.9 Å². The van der Waals surface area contributed by atoms with Gasteiger partial charge in [0.15, 0.2) is 0 Å². The highest BCUT2D eigenvalue weighted by Crippen LogP contribution is 2.65. The van der Waals surface area contributed by atoms with Crippen LogP contribution in [-0.4, -0.2) is 0 Å². The van der Waals surface area contributed by atoms with Crippen LogP contribution in [0.5, 0.6) is 5.75 Å². The fourth-order valence-corrected chi connectivity index (χ4v) is 12.8. The number of anilines is 3. The highest BCUT2D eigenvalue weighted by Gasteiger charge is 2.57. The molecule has 3 unspecified atom stereocenters. The monoisotopic (exact) mass is 859 g/mol. The summed E-state index contributed by atoms with van der Waals surface area (Å²) in [5.41, 5.74) is 16.7. The Morgan fingerprint density at radius 3 is 2.06 bits per heavy atom. The molecular weight excluding hydrogens is 819 g/mol. The zero-order valence-electron chi connectivity index (χ0n) is 35.9. The van der Waals surface area contributed by atoms with Crippen molar-refractivity contribution >= 4 is 65.4 Å². The van der Waals surface area contributed by atoms with Crippen LogP contribution in [0.1, 0.15) is 33.9 Å². The Morgan fingerprint density at radius 2 is 1.14 bits per heavy atom. The second-order valence-electron chi connectivity index (χ2n) is 17.9. The molecule has 3 aliphatic rings. The molecular formula is C63H41NOS. The van der Waals surface area contributed by atoms with Crippen LogP contribution in [0.15, 0.2) is 231 Å². The molecule has 0 bridgehead atoms. The van der Waals surface area contributed by atoms with E-state index in [4.69, 9.17) is 4.74 Å². The fraction of sp³-hybridized carbons (Fsp3) is 0.0476. The van der Waals surface area contributed by atoms with Gasteiger partial charge in [0.2, 0.25) is 0 Å². The quantitative estimate of drug-likeness (QED) is 0.171. The van der Waals surface area contributed by atoms with Crippen molar-refractivity contribution in [3.8, 4) is 39.1 Å². The van der Waals surface area contributed by atoms with Crippen LogP contribution in [0.25, 0.3) is 70.4 Å². The van der Waals surface area contributed by atoms with Crippen molar-refractivity contribution in [1.29, 1.82) is 0 Å². The van der Waals surface area contributed by atoms with Gasteiger partial charge >= 0.3 is 0 Å². The SMILES string of the molecule is C1=CC2C(Oc3c(ccc4ccccc34)C23c2ccccc2-c2cc(-c4ccc(N(c5cccc(-c6ccccc6)c5)c5cccc6sc7ccccc7c56)cc4)ccc23)c2ccccc21. The minimum Gasteiger partial charge on any atom is -0.484 e. The van der Waals surface area contributed by atoms with Crippen LogP contribution in [0.3, 0.4) is 0 Å². The summed E-state index contributed by atoms with van der Waals surface area (Å²) in [4.78, 5) is 2.44. The molecule has 2 nitrogen and oxygen atoms in total. The van der Waals surface area contributed by atoms with Gasteiger partial charge in [0, 0.05) is 54.0 Å². The molecule has 3 heteroatoms. The van der Waals surface area contributed by atoms with E-state index in [1.807, 2.05) is 11.3 Å². The Bertz CT molecular complexity index is 3770. The van der Waals surface area contributed by atoms with Crippen LogP contribution in [0.4, 0.5) is 17.1 Å². The van der Waals surface area contributed by atoms with Crippen molar-refractivity contribution in [3.63, 3.8) is 0 Å². The lowest BCUT2D eigenvalue weighted by Gasteiger charge is -2.49. The lowest BCUT2D eigenvalue weighted by Crippen LogP contribution is -2.45. The van der Waals surface area contributed by atoms with Crippen molar-refractivity contribution in [1.82, 2.24) is 0 Å². The van der Waals surface area contributed by atoms with Crippen LogP contribution in [0, 0.1) is 5.92 Å². The third-order valence-corrected chi connectivity index (χ3v) is 15.7. The first-order valence-electron chi connectivity index (χ1n) is 22.9. The maximum Gasteiger partial charge on any atom is 0.132 e. The number of fused-ring (bicyclic) bond motifs is 16. The number of nitrogens with zero attached hydrogens (tertiary/aromatic N) is 1. The summed E-state index contributed by atoms with van der Waals surface area (Å²) in [6.45, 7) is 0. The number of benzene rings is 10. The minimum atomic E-state index is -0.456. The minimum absolute atomic E-state index is 0.0461. The number of hydrogen-bond donors (Lipinski definition) is 0. The summed E-state index contributed by atoms with van der Waals surface area (Å²) >= 11 is 1.86. The zero-order valence-corrected chi connectivity index (χ0v) is 36.8. The van der Waals surface area contributed by atoms with Gasteiger partial charge in [-0.15, -0.1) is 11.3 Å². The Kier molecular flexibility index (Phi) is 8.23. The van der Waals surface area contributed by atoms with E-state index < -0.39 is 5.41 Å². The number of hydrogen-bond acceptors (Lipinski definition) is 3. The Morgan fingerprint density at radius 1 is 0.455 bits per heavy atom. The topological polar surface area (TPSA) is 12.5 Å². The van der Waals surface area contributed by atoms with Gasteiger partial charge in [-0.3, -0.25) is 0 Å². The third-order valence-electron chi connectivity index (χ3n) is 14.5. The molecule has 0 saturated carbocycles. The summed E-state index contributed by atoms with van der Waals surface area (Å²) in [5, 5.41) is 4.91. The Balaban J connectivity index is 0.927. The standard InChI is InChI=1S/C63H41NOS/c1-2-14-40(15-3-1)44-18-12-19-47(38-44)64(57-25-13-27-59-60(57)51-23-9-11-26-58(51)66-59)46-33-28-41(29-34-46)45-32-35-54-52(39-45)50-22-8-10-24-53(50)63(54)55-36-30-42-16-4-6-20-48(42)61(55)65-62-49-21-7-5-17-43(49)31-37-56(62)63/h1-39,55,61H. The second kappa shape index (κ2) is 14.5. The third kappa shape index (κ3) is 5.41. The van der Waals surface area contributed by atoms with Crippen LogP contribution in [-0.2, 0) is 5.41 Å². The van der Waals surface area contributed by atoms with E-state index in [-0.39, 0.29) is 12.0 Å². The van der Waals surface area contributed by atoms with Gasteiger partial charge in [-0.1, -0.05) is 188 Å². The van der Waals surface area contributed by atoms with Crippen molar-refractivity contribution in [2.75, 3.05) is 4.90 Å². The van der Waals surface area contributed by atoms with E-state index >= 15 is 0 Å². The van der Waals surface area contributed by atoms with Crippen LogP contribution < -0.4 is 9.64 Å².